The molecule has 105 valence electrons. The number of nitrogens with zero attached hydrogens (tertiary/aromatic N) is 1. The fraction of sp³-hybridized carbons (Fsp3) is 0.214. The van der Waals surface area contributed by atoms with Gasteiger partial charge in [0.1, 0.15) is 13.2 Å². The average Bonchev–Trinajstić information content (AvgIpc) is 2.45. The van der Waals surface area contributed by atoms with Gasteiger partial charge >= 0.3 is 0 Å². The monoisotopic (exact) mass is 275 g/mol. The summed E-state index contributed by atoms with van der Waals surface area (Å²) >= 11 is 0. The van der Waals surface area contributed by atoms with Crippen LogP contribution in [-0.4, -0.2) is 43.4 Å². The van der Waals surface area contributed by atoms with E-state index < -0.39 is 11.8 Å². The number of benzene rings is 1. The predicted octanol–water partition coefficient (Wildman–Crippen LogP) is 0.316. The first-order chi connectivity index (χ1) is 9.67. The molecule has 0 unspecified atom stereocenters. The maximum Gasteiger partial charge on any atom is 0.265 e. The Labute approximate surface area is 117 Å². The zero-order chi connectivity index (χ0) is 14.8. The number of ether oxygens (including phenoxy) is 1. The van der Waals surface area contributed by atoms with E-state index in [1.54, 1.807) is 12.4 Å². The molecule has 0 aliphatic rings. The van der Waals surface area contributed by atoms with Crippen molar-refractivity contribution in [1.82, 2.24) is 10.4 Å². The highest BCUT2D eigenvalue weighted by molar-refractivity contribution is 5.94. The SMILES string of the molecule is COCC(=O)NN(C[C]=O)C(=O)/C=C/c1ccccc1. The van der Waals surface area contributed by atoms with Gasteiger partial charge in [0.05, 0.1) is 0 Å². The molecule has 1 aromatic carbocycles. The van der Waals surface area contributed by atoms with Crippen molar-refractivity contribution >= 4 is 24.2 Å². The van der Waals surface area contributed by atoms with Crippen LogP contribution in [-0.2, 0) is 19.1 Å². The van der Waals surface area contributed by atoms with Crippen molar-refractivity contribution < 1.29 is 19.1 Å². The van der Waals surface area contributed by atoms with Crippen LogP contribution in [0.2, 0.25) is 0 Å². The molecular weight excluding hydrogens is 260 g/mol. The molecule has 0 spiro atoms. The number of carbonyl (C=O) groups is 2. The van der Waals surface area contributed by atoms with Crippen LogP contribution < -0.4 is 5.43 Å². The van der Waals surface area contributed by atoms with Gasteiger partial charge in [-0.25, -0.2) is 5.01 Å². The highest BCUT2D eigenvalue weighted by Crippen LogP contribution is 2.01. The van der Waals surface area contributed by atoms with Gasteiger partial charge in [0, 0.05) is 13.2 Å². The molecule has 0 aliphatic carbocycles. The number of hydrogen-bond acceptors (Lipinski definition) is 4. The van der Waals surface area contributed by atoms with Crippen LogP contribution in [0.5, 0.6) is 0 Å². The lowest BCUT2D eigenvalue weighted by Crippen LogP contribution is -2.47. The highest BCUT2D eigenvalue weighted by atomic mass is 16.5. The summed E-state index contributed by atoms with van der Waals surface area (Å²) in [5.74, 6) is -1.05. The second kappa shape index (κ2) is 8.60. The van der Waals surface area contributed by atoms with E-state index in [9.17, 15) is 14.4 Å². The first-order valence-electron chi connectivity index (χ1n) is 5.85. The molecule has 6 heteroatoms. The third-order valence-corrected chi connectivity index (χ3v) is 2.24. The van der Waals surface area contributed by atoms with Crippen molar-refractivity contribution in [1.29, 1.82) is 0 Å². The maximum atomic E-state index is 11.9. The quantitative estimate of drug-likeness (QED) is 0.599. The van der Waals surface area contributed by atoms with Crippen LogP contribution in [0.1, 0.15) is 5.56 Å². The van der Waals surface area contributed by atoms with Gasteiger partial charge in [-0.1, -0.05) is 30.3 Å². The summed E-state index contributed by atoms with van der Waals surface area (Å²) in [5.41, 5.74) is 3.09. The lowest BCUT2D eigenvalue weighted by atomic mass is 10.2. The van der Waals surface area contributed by atoms with E-state index in [1.165, 1.54) is 13.2 Å². The molecule has 0 heterocycles. The lowest BCUT2D eigenvalue weighted by Gasteiger charge is -2.18. The Morgan fingerprint density at radius 2 is 2.05 bits per heavy atom. The Morgan fingerprint density at radius 1 is 1.35 bits per heavy atom. The van der Waals surface area contributed by atoms with Crippen LogP contribution in [0.25, 0.3) is 6.08 Å². The number of rotatable bonds is 6. The molecule has 0 aromatic heterocycles. The van der Waals surface area contributed by atoms with Crippen LogP contribution in [0.15, 0.2) is 36.4 Å². The Morgan fingerprint density at radius 3 is 2.65 bits per heavy atom. The normalized spacial score (nSPS) is 10.2. The van der Waals surface area contributed by atoms with E-state index in [4.69, 9.17) is 0 Å². The highest BCUT2D eigenvalue weighted by Gasteiger charge is 2.13. The van der Waals surface area contributed by atoms with E-state index >= 15 is 0 Å². The molecule has 1 radical (unpaired) electrons. The molecule has 0 aliphatic heterocycles. The minimum absolute atomic E-state index is 0.203. The number of carbonyl (C=O) groups excluding carboxylic acids is 3. The Hall–Kier alpha value is -2.47. The molecular formula is C14H15N2O4. The van der Waals surface area contributed by atoms with E-state index in [-0.39, 0.29) is 13.2 Å². The number of nitrogens with one attached hydrogen (secondary N) is 1. The van der Waals surface area contributed by atoms with Gasteiger partial charge in [-0.05, 0) is 11.6 Å². The van der Waals surface area contributed by atoms with Crippen molar-refractivity contribution in [3.05, 3.63) is 42.0 Å². The second-order valence-electron chi connectivity index (χ2n) is 3.78. The summed E-state index contributed by atoms with van der Waals surface area (Å²) in [6.45, 7) is -0.557. The zero-order valence-electron chi connectivity index (χ0n) is 11.0. The standard InChI is InChI=1S/C14H15N2O4/c1-20-11-13(18)15-16(9-10-17)14(19)8-7-12-5-3-2-4-6-12/h2-8H,9,11H2,1H3,(H,15,18)/b8-7+. The number of amides is 2. The van der Waals surface area contributed by atoms with E-state index in [2.05, 4.69) is 10.2 Å². The van der Waals surface area contributed by atoms with Gasteiger partial charge in [-0.2, -0.15) is 0 Å². The molecule has 6 nitrogen and oxygen atoms in total. The fourth-order valence-electron chi connectivity index (χ4n) is 1.37. The molecule has 0 bridgehead atoms. The Kier molecular flexibility index (Phi) is 6.70. The zero-order valence-corrected chi connectivity index (χ0v) is 11.0. The lowest BCUT2D eigenvalue weighted by molar-refractivity contribution is -0.138. The molecule has 0 saturated carbocycles. The van der Waals surface area contributed by atoms with Gasteiger partial charge < -0.3 is 4.74 Å². The first-order valence-corrected chi connectivity index (χ1v) is 5.85. The summed E-state index contributed by atoms with van der Waals surface area (Å²) in [5, 5.41) is 0.869. The molecule has 0 atom stereocenters. The van der Waals surface area contributed by atoms with Crippen molar-refractivity contribution in [3.8, 4) is 0 Å². The molecule has 1 aromatic rings. The first kappa shape index (κ1) is 15.6. The molecule has 0 saturated heterocycles. The maximum absolute atomic E-state index is 11.9. The van der Waals surface area contributed by atoms with Gasteiger partial charge in [-0.3, -0.25) is 19.8 Å². The minimum atomic E-state index is -0.526. The molecule has 0 fully saturated rings. The number of hydrogen-bond donors (Lipinski definition) is 1. The van der Waals surface area contributed by atoms with Crippen LogP contribution >= 0.6 is 0 Å². The number of hydrazine groups is 1. The van der Waals surface area contributed by atoms with Gasteiger partial charge in [0.2, 0.25) is 6.29 Å². The molecule has 2 amide bonds. The summed E-state index contributed by atoms with van der Waals surface area (Å²) in [7, 11) is 1.35. The minimum Gasteiger partial charge on any atom is -0.375 e. The summed E-state index contributed by atoms with van der Waals surface area (Å²) in [4.78, 5) is 33.6. The van der Waals surface area contributed by atoms with Crippen molar-refractivity contribution in [3.63, 3.8) is 0 Å². The van der Waals surface area contributed by atoms with Crippen LogP contribution in [0.4, 0.5) is 0 Å². The Bertz CT molecular complexity index is 485. The molecule has 20 heavy (non-hydrogen) atoms. The van der Waals surface area contributed by atoms with E-state index in [1.807, 2.05) is 30.3 Å². The van der Waals surface area contributed by atoms with Gasteiger partial charge in [0.15, 0.2) is 0 Å². The largest absolute Gasteiger partial charge is 0.375 e. The van der Waals surface area contributed by atoms with Crippen molar-refractivity contribution in [2.24, 2.45) is 0 Å². The van der Waals surface area contributed by atoms with E-state index in [0.717, 1.165) is 10.6 Å². The summed E-state index contributed by atoms with van der Waals surface area (Å²) in [6, 6.07) is 9.17. The number of methoxy groups -OCH3 is 1. The second-order valence-corrected chi connectivity index (χ2v) is 3.78. The summed E-state index contributed by atoms with van der Waals surface area (Å²) < 4.78 is 4.63. The average molecular weight is 275 g/mol. The van der Waals surface area contributed by atoms with Crippen molar-refractivity contribution in [2.75, 3.05) is 20.3 Å². The molecule has 1 rings (SSSR count). The summed E-state index contributed by atoms with van der Waals surface area (Å²) in [6.07, 6.45) is 4.41. The van der Waals surface area contributed by atoms with Gasteiger partial charge in [-0.15, -0.1) is 0 Å². The van der Waals surface area contributed by atoms with Crippen LogP contribution in [0, 0.1) is 0 Å². The fourth-order valence-corrected chi connectivity index (χ4v) is 1.37. The predicted molar refractivity (Wildman–Crippen MR) is 72.9 cm³/mol. The smallest absolute Gasteiger partial charge is 0.265 e. The molecule has 1 N–H and O–H groups in total. The topological polar surface area (TPSA) is 75.7 Å². The third kappa shape index (κ3) is 5.45. The van der Waals surface area contributed by atoms with Crippen molar-refractivity contribution in [2.45, 2.75) is 0 Å². The van der Waals surface area contributed by atoms with E-state index in [0.29, 0.717) is 0 Å². The third-order valence-electron chi connectivity index (χ3n) is 2.24. The Balaban J connectivity index is 2.66. The van der Waals surface area contributed by atoms with Gasteiger partial charge in [0.25, 0.3) is 11.8 Å². The van der Waals surface area contributed by atoms with Crippen LogP contribution in [0.3, 0.4) is 0 Å².